The Kier molecular flexibility index (Phi) is 5.17. The molecule has 2 aromatic rings. The Balaban J connectivity index is 2.10. The normalized spacial score (nSPS) is 13.1. The van der Waals surface area contributed by atoms with Gasteiger partial charge < -0.3 is 5.11 Å². The minimum Gasteiger partial charge on any atom is -0.388 e. The molecule has 9 heteroatoms. The van der Waals surface area contributed by atoms with Crippen LogP contribution in [0, 0.1) is 0 Å². The van der Waals surface area contributed by atoms with Crippen LogP contribution >= 0.6 is 23.4 Å². The van der Waals surface area contributed by atoms with Crippen molar-refractivity contribution in [3.05, 3.63) is 47.2 Å². The number of nitrogens with two attached hydrogens (primary N) is 1. The lowest BCUT2D eigenvalue weighted by molar-refractivity contribution is 0.204. The second kappa shape index (κ2) is 6.71. The molecule has 1 atom stereocenters. The van der Waals surface area contributed by atoms with E-state index in [2.05, 4.69) is 9.97 Å². The molecule has 0 radical (unpaired) electrons. The number of aromatic nitrogens is 2. The zero-order chi connectivity index (χ0) is 15.5. The van der Waals surface area contributed by atoms with Gasteiger partial charge in [-0.25, -0.2) is 23.5 Å². The van der Waals surface area contributed by atoms with E-state index < -0.39 is 16.1 Å². The third kappa shape index (κ3) is 4.39. The number of thioether (sulfide) groups is 1. The topological polar surface area (TPSA) is 106 Å². The molecule has 2 rings (SSSR count). The molecule has 0 aliphatic rings. The summed E-state index contributed by atoms with van der Waals surface area (Å²) in [6.07, 6.45) is 2.39. The largest absolute Gasteiger partial charge is 0.388 e. The number of primary sulfonamides is 1. The van der Waals surface area contributed by atoms with Crippen LogP contribution in [0.5, 0.6) is 0 Å². The van der Waals surface area contributed by atoms with E-state index in [0.29, 0.717) is 16.5 Å². The highest BCUT2D eigenvalue weighted by molar-refractivity contribution is 7.99. The molecule has 112 valence electrons. The third-order valence-corrected chi connectivity index (χ3v) is 4.90. The van der Waals surface area contributed by atoms with Crippen molar-refractivity contribution in [2.24, 2.45) is 5.14 Å². The standard InChI is InChI=1S/C12H12ClN3O3S2/c13-9-6-8(2-3-11(9)21(14,18)19)10(17)7-20-12-15-4-1-5-16-12/h1-6,10,17H,7H2,(H2,14,18,19). The first-order chi connectivity index (χ1) is 9.88. The Morgan fingerprint density at radius 2 is 2.00 bits per heavy atom. The molecule has 0 aliphatic carbocycles. The Bertz CT molecular complexity index is 726. The van der Waals surface area contributed by atoms with Crippen LogP contribution in [0.15, 0.2) is 46.7 Å². The molecule has 0 aliphatic heterocycles. The van der Waals surface area contributed by atoms with Crippen LogP contribution in [-0.2, 0) is 10.0 Å². The highest BCUT2D eigenvalue weighted by Crippen LogP contribution is 2.27. The second-order valence-corrected chi connectivity index (χ2v) is 7.02. The monoisotopic (exact) mass is 345 g/mol. The van der Waals surface area contributed by atoms with Crippen molar-refractivity contribution in [3.63, 3.8) is 0 Å². The summed E-state index contributed by atoms with van der Waals surface area (Å²) in [5, 5.41) is 15.6. The molecule has 0 amide bonds. The van der Waals surface area contributed by atoms with Gasteiger partial charge in [0.15, 0.2) is 5.16 Å². The van der Waals surface area contributed by atoms with Gasteiger partial charge in [-0.2, -0.15) is 0 Å². The van der Waals surface area contributed by atoms with Gasteiger partial charge in [-0.05, 0) is 23.8 Å². The Labute approximate surface area is 131 Å². The number of halogens is 1. The lowest BCUT2D eigenvalue weighted by atomic mass is 10.1. The predicted octanol–water partition coefficient (Wildman–Crippen LogP) is 1.60. The van der Waals surface area contributed by atoms with Gasteiger partial charge in [0.1, 0.15) is 4.90 Å². The first kappa shape index (κ1) is 16.2. The third-order valence-electron chi connectivity index (χ3n) is 2.56. The molecule has 1 unspecified atom stereocenters. The summed E-state index contributed by atoms with van der Waals surface area (Å²) in [5.41, 5.74) is 0.496. The van der Waals surface area contributed by atoms with Gasteiger partial charge in [0.2, 0.25) is 10.0 Å². The van der Waals surface area contributed by atoms with Crippen molar-refractivity contribution in [3.8, 4) is 0 Å². The summed E-state index contributed by atoms with van der Waals surface area (Å²) in [4.78, 5) is 7.89. The summed E-state index contributed by atoms with van der Waals surface area (Å²) in [6.45, 7) is 0. The molecule has 1 aromatic heterocycles. The van der Waals surface area contributed by atoms with Crippen molar-refractivity contribution in [1.82, 2.24) is 9.97 Å². The molecular formula is C12H12ClN3O3S2. The average molecular weight is 346 g/mol. The summed E-state index contributed by atoms with van der Waals surface area (Å²) in [5.74, 6) is 0.315. The fraction of sp³-hybridized carbons (Fsp3) is 0.167. The molecule has 3 N–H and O–H groups in total. The number of nitrogens with zero attached hydrogens (tertiary/aromatic N) is 2. The van der Waals surface area contributed by atoms with E-state index in [-0.39, 0.29) is 9.92 Å². The van der Waals surface area contributed by atoms with Gasteiger partial charge in [0, 0.05) is 18.1 Å². The molecule has 6 nitrogen and oxygen atoms in total. The van der Waals surface area contributed by atoms with Gasteiger partial charge in [0.25, 0.3) is 0 Å². The summed E-state index contributed by atoms with van der Waals surface area (Å²) in [7, 11) is -3.87. The van der Waals surface area contributed by atoms with Crippen LogP contribution in [0.4, 0.5) is 0 Å². The molecule has 1 heterocycles. The van der Waals surface area contributed by atoms with Gasteiger partial charge in [-0.1, -0.05) is 29.4 Å². The second-order valence-electron chi connectivity index (χ2n) is 4.09. The minimum atomic E-state index is -3.87. The van der Waals surface area contributed by atoms with Crippen LogP contribution in [-0.4, -0.2) is 29.2 Å². The maximum absolute atomic E-state index is 11.3. The SMILES string of the molecule is NS(=O)(=O)c1ccc(C(O)CSc2ncccn2)cc1Cl. The molecule has 0 spiro atoms. The van der Waals surface area contributed by atoms with Crippen molar-refractivity contribution in [2.75, 3.05) is 5.75 Å². The smallest absolute Gasteiger partial charge is 0.239 e. The number of aliphatic hydroxyl groups is 1. The fourth-order valence-corrected chi connectivity index (χ4v) is 3.43. The van der Waals surface area contributed by atoms with E-state index in [9.17, 15) is 13.5 Å². The summed E-state index contributed by atoms with van der Waals surface area (Å²) >= 11 is 7.15. The average Bonchev–Trinajstić information content (AvgIpc) is 2.44. The maximum Gasteiger partial charge on any atom is 0.239 e. The minimum absolute atomic E-state index is 0.0185. The molecule has 1 aromatic carbocycles. The number of aliphatic hydroxyl groups excluding tert-OH is 1. The quantitative estimate of drug-likeness (QED) is 0.629. The van der Waals surface area contributed by atoms with E-state index in [1.54, 1.807) is 18.5 Å². The number of hydrogen-bond acceptors (Lipinski definition) is 6. The lowest BCUT2D eigenvalue weighted by Crippen LogP contribution is -2.13. The van der Waals surface area contributed by atoms with Crippen LogP contribution in [0.3, 0.4) is 0 Å². The molecule has 21 heavy (non-hydrogen) atoms. The van der Waals surface area contributed by atoms with Crippen molar-refractivity contribution in [2.45, 2.75) is 16.2 Å². The van der Waals surface area contributed by atoms with E-state index in [4.69, 9.17) is 16.7 Å². The lowest BCUT2D eigenvalue weighted by Gasteiger charge is -2.11. The summed E-state index contributed by atoms with van der Waals surface area (Å²) < 4.78 is 22.5. The Morgan fingerprint density at radius 1 is 1.33 bits per heavy atom. The number of benzene rings is 1. The number of sulfonamides is 1. The maximum atomic E-state index is 11.3. The van der Waals surface area contributed by atoms with Crippen LogP contribution in [0.1, 0.15) is 11.7 Å². The molecule has 0 fully saturated rings. The van der Waals surface area contributed by atoms with Crippen molar-refractivity contribution in [1.29, 1.82) is 0 Å². The molecule has 0 bridgehead atoms. The van der Waals surface area contributed by atoms with E-state index in [0.717, 1.165) is 0 Å². The van der Waals surface area contributed by atoms with Crippen molar-refractivity contribution >= 4 is 33.4 Å². The first-order valence-corrected chi connectivity index (χ1v) is 8.69. The van der Waals surface area contributed by atoms with Gasteiger partial charge in [-0.3, -0.25) is 0 Å². The zero-order valence-corrected chi connectivity index (χ0v) is 13.1. The molecule has 0 saturated heterocycles. The van der Waals surface area contributed by atoms with Gasteiger partial charge in [-0.15, -0.1) is 0 Å². The predicted molar refractivity (Wildman–Crippen MR) is 80.5 cm³/mol. The Hall–Kier alpha value is -1.19. The zero-order valence-electron chi connectivity index (χ0n) is 10.7. The Morgan fingerprint density at radius 3 is 2.57 bits per heavy atom. The van der Waals surface area contributed by atoms with Gasteiger partial charge >= 0.3 is 0 Å². The van der Waals surface area contributed by atoms with Crippen LogP contribution in [0.25, 0.3) is 0 Å². The summed E-state index contributed by atoms with van der Waals surface area (Å²) in [6, 6.07) is 5.84. The highest BCUT2D eigenvalue weighted by atomic mass is 35.5. The number of rotatable bonds is 5. The number of hydrogen-bond donors (Lipinski definition) is 2. The van der Waals surface area contributed by atoms with E-state index in [1.165, 1.54) is 30.0 Å². The van der Waals surface area contributed by atoms with Gasteiger partial charge in [0.05, 0.1) is 11.1 Å². The van der Waals surface area contributed by atoms with Crippen molar-refractivity contribution < 1.29 is 13.5 Å². The van der Waals surface area contributed by atoms with E-state index in [1.807, 2.05) is 0 Å². The molecular weight excluding hydrogens is 334 g/mol. The molecule has 0 saturated carbocycles. The first-order valence-electron chi connectivity index (χ1n) is 5.78. The van der Waals surface area contributed by atoms with Crippen LogP contribution in [0.2, 0.25) is 5.02 Å². The van der Waals surface area contributed by atoms with E-state index >= 15 is 0 Å². The highest BCUT2D eigenvalue weighted by Gasteiger charge is 2.16. The van der Waals surface area contributed by atoms with Crippen LogP contribution < -0.4 is 5.14 Å². The fourth-order valence-electron chi connectivity index (χ4n) is 1.56.